The molecule has 3 N–H and O–H groups in total. The molecule has 4 heteroatoms. The van der Waals surface area contributed by atoms with Crippen molar-refractivity contribution < 1.29 is 0 Å². The van der Waals surface area contributed by atoms with Crippen LogP contribution >= 0.6 is 11.6 Å². The second-order valence-electron chi connectivity index (χ2n) is 4.73. The number of aromatic nitrogens is 1. The Morgan fingerprint density at radius 1 is 1.10 bits per heavy atom. The van der Waals surface area contributed by atoms with Gasteiger partial charge >= 0.3 is 0 Å². The van der Waals surface area contributed by atoms with Gasteiger partial charge in [0.25, 0.3) is 0 Å². The van der Waals surface area contributed by atoms with Crippen molar-refractivity contribution in [2.45, 2.75) is 6.92 Å². The lowest BCUT2D eigenvalue weighted by Crippen LogP contribution is -1.98. The average Bonchev–Trinajstić information content (AvgIpc) is 2.46. The quantitative estimate of drug-likeness (QED) is 0.680. The van der Waals surface area contributed by atoms with Crippen molar-refractivity contribution in [3.63, 3.8) is 0 Å². The third-order valence-corrected chi connectivity index (χ3v) is 3.58. The van der Waals surface area contributed by atoms with Crippen LogP contribution < -0.4 is 11.1 Å². The molecule has 0 saturated heterocycles. The fourth-order valence-electron chi connectivity index (χ4n) is 2.18. The van der Waals surface area contributed by atoms with Crippen LogP contribution in [0.1, 0.15) is 5.56 Å². The zero-order valence-corrected chi connectivity index (χ0v) is 11.8. The maximum absolute atomic E-state index is 6.22. The fourth-order valence-corrected chi connectivity index (χ4v) is 2.35. The molecular weight excluding hydrogens is 270 g/mol. The summed E-state index contributed by atoms with van der Waals surface area (Å²) in [7, 11) is 0. The molecule has 0 aliphatic carbocycles. The first-order valence-corrected chi connectivity index (χ1v) is 6.68. The normalized spacial score (nSPS) is 10.7. The molecule has 3 nitrogen and oxygen atoms in total. The van der Waals surface area contributed by atoms with Crippen LogP contribution in [0.15, 0.2) is 48.8 Å². The maximum atomic E-state index is 6.22. The third-order valence-electron chi connectivity index (χ3n) is 3.25. The van der Waals surface area contributed by atoms with E-state index in [-0.39, 0.29) is 0 Å². The van der Waals surface area contributed by atoms with Gasteiger partial charge in [-0.2, -0.15) is 0 Å². The molecule has 0 spiro atoms. The summed E-state index contributed by atoms with van der Waals surface area (Å²) < 4.78 is 0. The standard InChI is InChI=1S/C16H14ClN3/c1-10-2-4-13(17)15(8-10)20-14-5-3-11-9-19-7-6-12(11)16(14)18/h2-9,20H,18H2,1H3. The number of nitrogen functional groups attached to an aromatic ring is 1. The number of hydrogen-bond acceptors (Lipinski definition) is 3. The van der Waals surface area contributed by atoms with E-state index < -0.39 is 0 Å². The minimum atomic E-state index is 0.671. The highest BCUT2D eigenvalue weighted by atomic mass is 35.5. The molecule has 0 bridgehead atoms. The minimum Gasteiger partial charge on any atom is -0.397 e. The van der Waals surface area contributed by atoms with E-state index in [2.05, 4.69) is 10.3 Å². The van der Waals surface area contributed by atoms with Gasteiger partial charge in [0.1, 0.15) is 0 Å². The topological polar surface area (TPSA) is 50.9 Å². The highest BCUT2D eigenvalue weighted by Crippen LogP contribution is 2.33. The Morgan fingerprint density at radius 2 is 1.95 bits per heavy atom. The number of aryl methyl sites for hydroxylation is 1. The summed E-state index contributed by atoms with van der Waals surface area (Å²) in [6, 6.07) is 11.7. The summed E-state index contributed by atoms with van der Waals surface area (Å²) in [6.45, 7) is 2.02. The van der Waals surface area contributed by atoms with Gasteiger partial charge in [-0.1, -0.05) is 23.7 Å². The number of halogens is 1. The van der Waals surface area contributed by atoms with Crippen LogP contribution in [0, 0.1) is 6.92 Å². The molecule has 3 aromatic rings. The van der Waals surface area contributed by atoms with Gasteiger partial charge in [0.05, 0.1) is 22.1 Å². The number of rotatable bonds is 2. The summed E-state index contributed by atoms with van der Waals surface area (Å²) in [5.74, 6) is 0. The van der Waals surface area contributed by atoms with E-state index in [0.29, 0.717) is 10.7 Å². The van der Waals surface area contributed by atoms with Crippen molar-refractivity contribution in [2.75, 3.05) is 11.1 Å². The first-order valence-electron chi connectivity index (χ1n) is 6.30. The minimum absolute atomic E-state index is 0.671. The molecular formula is C16H14ClN3. The van der Waals surface area contributed by atoms with E-state index in [0.717, 1.165) is 27.7 Å². The van der Waals surface area contributed by atoms with Crippen molar-refractivity contribution in [1.29, 1.82) is 0 Å². The lowest BCUT2D eigenvalue weighted by atomic mass is 10.1. The first kappa shape index (κ1) is 12.8. The number of anilines is 3. The molecule has 0 fully saturated rings. The Morgan fingerprint density at radius 3 is 2.80 bits per heavy atom. The molecule has 0 saturated carbocycles. The van der Waals surface area contributed by atoms with Crippen LogP contribution in [0.2, 0.25) is 5.02 Å². The Hall–Kier alpha value is -2.26. The van der Waals surface area contributed by atoms with Gasteiger partial charge in [0.15, 0.2) is 0 Å². The summed E-state index contributed by atoms with van der Waals surface area (Å²) in [6.07, 6.45) is 3.54. The molecule has 0 radical (unpaired) electrons. The van der Waals surface area contributed by atoms with Gasteiger partial charge in [-0.15, -0.1) is 0 Å². The Balaban J connectivity index is 2.07. The summed E-state index contributed by atoms with van der Waals surface area (Å²) in [5, 5.41) is 5.97. The van der Waals surface area contributed by atoms with Gasteiger partial charge in [-0.25, -0.2) is 0 Å². The fraction of sp³-hybridized carbons (Fsp3) is 0.0625. The Labute approximate surface area is 122 Å². The average molecular weight is 284 g/mol. The SMILES string of the molecule is Cc1ccc(Cl)c(Nc2ccc3cnccc3c2N)c1. The Kier molecular flexibility index (Phi) is 3.20. The van der Waals surface area contributed by atoms with E-state index in [1.807, 2.05) is 43.3 Å². The number of nitrogens with zero attached hydrogens (tertiary/aromatic N) is 1. The van der Waals surface area contributed by atoms with Gasteiger partial charge < -0.3 is 11.1 Å². The molecule has 20 heavy (non-hydrogen) atoms. The second-order valence-corrected chi connectivity index (χ2v) is 5.14. The van der Waals surface area contributed by atoms with Crippen LogP contribution in [0.4, 0.5) is 17.1 Å². The van der Waals surface area contributed by atoms with Gasteiger partial charge in [0, 0.05) is 23.2 Å². The molecule has 2 aromatic carbocycles. The van der Waals surface area contributed by atoms with Crippen LogP contribution in [0.5, 0.6) is 0 Å². The predicted molar refractivity (Wildman–Crippen MR) is 85.6 cm³/mol. The first-order chi connectivity index (χ1) is 9.65. The molecule has 0 aliphatic heterocycles. The molecule has 0 atom stereocenters. The van der Waals surface area contributed by atoms with Crippen molar-refractivity contribution in [2.24, 2.45) is 0 Å². The summed E-state index contributed by atoms with van der Waals surface area (Å²) in [5.41, 5.74) is 9.75. The number of pyridine rings is 1. The number of nitrogens with one attached hydrogen (secondary N) is 1. The van der Waals surface area contributed by atoms with Crippen molar-refractivity contribution >= 4 is 39.4 Å². The van der Waals surface area contributed by atoms with Gasteiger partial charge in [0.2, 0.25) is 0 Å². The van der Waals surface area contributed by atoms with Crippen LogP contribution in [-0.4, -0.2) is 4.98 Å². The Bertz CT molecular complexity index is 784. The highest BCUT2D eigenvalue weighted by Gasteiger charge is 2.07. The van der Waals surface area contributed by atoms with E-state index >= 15 is 0 Å². The maximum Gasteiger partial charge on any atom is 0.0641 e. The summed E-state index contributed by atoms with van der Waals surface area (Å²) >= 11 is 6.20. The smallest absolute Gasteiger partial charge is 0.0641 e. The van der Waals surface area contributed by atoms with E-state index in [1.54, 1.807) is 12.4 Å². The predicted octanol–water partition coefficient (Wildman–Crippen LogP) is 4.52. The molecule has 3 rings (SSSR count). The number of fused-ring (bicyclic) bond motifs is 1. The van der Waals surface area contributed by atoms with Crippen molar-refractivity contribution in [1.82, 2.24) is 4.98 Å². The molecule has 1 heterocycles. The summed E-state index contributed by atoms with van der Waals surface area (Å²) in [4.78, 5) is 4.10. The number of nitrogens with two attached hydrogens (primary N) is 1. The second kappa shape index (κ2) is 5.02. The van der Waals surface area contributed by atoms with Crippen molar-refractivity contribution in [3.05, 3.63) is 59.4 Å². The van der Waals surface area contributed by atoms with E-state index in [1.165, 1.54) is 0 Å². The molecule has 0 amide bonds. The lowest BCUT2D eigenvalue weighted by molar-refractivity contribution is 1.36. The van der Waals surface area contributed by atoms with Gasteiger partial charge in [-0.05, 0) is 36.8 Å². The van der Waals surface area contributed by atoms with Crippen LogP contribution in [0.25, 0.3) is 10.8 Å². The number of benzene rings is 2. The zero-order chi connectivity index (χ0) is 14.1. The van der Waals surface area contributed by atoms with Crippen LogP contribution in [0.3, 0.4) is 0 Å². The lowest BCUT2D eigenvalue weighted by Gasteiger charge is -2.13. The zero-order valence-electron chi connectivity index (χ0n) is 11.0. The highest BCUT2D eigenvalue weighted by molar-refractivity contribution is 6.33. The molecule has 0 unspecified atom stereocenters. The molecule has 100 valence electrons. The molecule has 1 aromatic heterocycles. The largest absolute Gasteiger partial charge is 0.397 e. The van der Waals surface area contributed by atoms with Gasteiger partial charge in [-0.3, -0.25) is 4.98 Å². The number of hydrogen-bond donors (Lipinski definition) is 2. The third kappa shape index (κ3) is 2.28. The van der Waals surface area contributed by atoms with E-state index in [9.17, 15) is 0 Å². The molecule has 0 aliphatic rings. The van der Waals surface area contributed by atoms with Crippen LogP contribution in [-0.2, 0) is 0 Å². The van der Waals surface area contributed by atoms with E-state index in [4.69, 9.17) is 17.3 Å². The monoisotopic (exact) mass is 283 g/mol. The van der Waals surface area contributed by atoms with Crippen molar-refractivity contribution in [3.8, 4) is 0 Å².